The maximum Gasteiger partial charge on any atom is 0.268 e. The van der Waals surface area contributed by atoms with Crippen molar-refractivity contribution >= 4 is 21.8 Å². The van der Waals surface area contributed by atoms with Crippen molar-refractivity contribution < 1.29 is 9.90 Å². The van der Waals surface area contributed by atoms with E-state index in [4.69, 9.17) is 0 Å². The van der Waals surface area contributed by atoms with Crippen LogP contribution in [0.5, 0.6) is 0 Å². The molecule has 0 bridgehead atoms. The van der Waals surface area contributed by atoms with Gasteiger partial charge in [0.15, 0.2) is 0 Å². The number of hydrogen-bond donors (Lipinski definition) is 2. The second-order valence-electron chi connectivity index (χ2n) is 5.61. The standard InChI is InChI=1S/C14H19BrN2O2/c15-9-7-12(17(8-9)10-5-6-10)14(19)16-11-3-1-2-4-13(11)18/h7-8,10-11,13,18H,1-6H2,(H,16,19). The average Bonchev–Trinajstić information content (AvgIpc) is 3.15. The monoisotopic (exact) mass is 326 g/mol. The molecule has 2 aliphatic carbocycles. The molecule has 19 heavy (non-hydrogen) atoms. The van der Waals surface area contributed by atoms with Gasteiger partial charge in [-0.15, -0.1) is 0 Å². The molecule has 0 aromatic carbocycles. The highest BCUT2D eigenvalue weighted by atomic mass is 79.9. The summed E-state index contributed by atoms with van der Waals surface area (Å²) in [6.07, 6.45) is 7.67. The van der Waals surface area contributed by atoms with Crippen molar-refractivity contribution in [3.8, 4) is 0 Å². The summed E-state index contributed by atoms with van der Waals surface area (Å²) in [6, 6.07) is 2.24. The van der Waals surface area contributed by atoms with E-state index in [1.54, 1.807) is 0 Å². The molecule has 2 unspecified atom stereocenters. The molecule has 2 saturated carbocycles. The van der Waals surface area contributed by atoms with Crippen LogP contribution in [0.3, 0.4) is 0 Å². The topological polar surface area (TPSA) is 54.3 Å². The highest BCUT2D eigenvalue weighted by Crippen LogP contribution is 2.37. The van der Waals surface area contributed by atoms with Crippen LogP contribution in [0.4, 0.5) is 0 Å². The molecule has 0 radical (unpaired) electrons. The van der Waals surface area contributed by atoms with E-state index in [9.17, 15) is 9.90 Å². The molecule has 1 aromatic rings. The summed E-state index contributed by atoms with van der Waals surface area (Å²) in [5.41, 5.74) is 0.701. The molecule has 2 atom stereocenters. The third-order valence-electron chi connectivity index (χ3n) is 4.03. The van der Waals surface area contributed by atoms with Gasteiger partial charge in [0.2, 0.25) is 0 Å². The molecular weight excluding hydrogens is 308 g/mol. The van der Waals surface area contributed by atoms with Crippen molar-refractivity contribution in [2.45, 2.75) is 56.7 Å². The minimum absolute atomic E-state index is 0.0662. The lowest BCUT2D eigenvalue weighted by Crippen LogP contribution is -2.45. The zero-order valence-electron chi connectivity index (χ0n) is 10.8. The van der Waals surface area contributed by atoms with Gasteiger partial charge in [0.25, 0.3) is 5.91 Å². The van der Waals surface area contributed by atoms with Gasteiger partial charge in [-0.2, -0.15) is 0 Å². The quantitative estimate of drug-likeness (QED) is 0.897. The van der Waals surface area contributed by atoms with Crippen LogP contribution < -0.4 is 5.32 Å². The number of rotatable bonds is 3. The Morgan fingerprint density at radius 1 is 1.32 bits per heavy atom. The van der Waals surface area contributed by atoms with Crippen molar-refractivity contribution in [3.05, 3.63) is 22.4 Å². The summed E-state index contributed by atoms with van der Waals surface area (Å²) in [4.78, 5) is 12.4. The lowest BCUT2D eigenvalue weighted by atomic mass is 9.92. The summed E-state index contributed by atoms with van der Waals surface area (Å²) in [7, 11) is 0. The van der Waals surface area contributed by atoms with Crippen molar-refractivity contribution in [1.29, 1.82) is 0 Å². The van der Waals surface area contributed by atoms with Crippen molar-refractivity contribution in [2.75, 3.05) is 0 Å². The number of nitrogens with zero attached hydrogens (tertiary/aromatic N) is 1. The molecule has 1 amide bonds. The average molecular weight is 327 g/mol. The maximum atomic E-state index is 12.4. The molecular formula is C14H19BrN2O2. The van der Waals surface area contributed by atoms with Gasteiger partial charge in [-0.25, -0.2) is 0 Å². The van der Waals surface area contributed by atoms with E-state index in [0.29, 0.717) is 11.7 Å². The highest BCUT2D eigenvalue weighted by Gasteiger charge is 2.30. The Labute approximate surface area is 121 Å². The fraction of sp³-hybridized carbons (Fsp3) is 0.643. The lowest BCUT2D eigenvalue weighted by Gasteiger charge is -2.28. The number of halogens is 1. The van der Waals surface area contributed by atoms with E-state index in [1.165, 1.54) is 0 Å². The molecule has 104 valence electrons. The number of aliphatic hydroxyl groups is 1. The van der Waals surface area contributed by atoms with Gasteiger partial charge in [-0.1, -0.05) is 12.8 Å². The number of amides is 1. The summed E-state index contributed by atoms with van der Waals surface area (Å²) in [5.74, 6) is -0.0662. The minimum atomic E-state index is -0.398. The van der Waals surface area contributed by atoms with Crippen molar-refractivity contribution in [1.82, 2.24) is 9.88 Å². The molecule has 1 heterocycles. The Morgan fingerprint density at radius 3 is 2.74 bits per heavy atom. The first-order chi connectivity index (χ1) is 9.15. The van der Waals surface area contributed by atoms with Gasteiger partial charge < -0.3 is 15.0 Å². The molecule has 2 aliphatic rings. The molecule has 0 spiro atoms. The van der Waals surface area contributed by atoms with E-state index in [2.05, 4.69) is 25.8 Å². The number of nitrogens with one attached hydrogen (secondary N) is 1. The first-order valence-electron chi connectivity index (χ1n) is 7.01. The molecule has 0 aliphatic heterocycles. The third kappa shape index (κ3) is 2.87. The Balaban J connectivity index is 1.72. The van der Waals surface area contributed by atoms with Crippen LogP contribution >= 0.6 is 15.9 Å². The summed E-state index contributed by atoms with van der Waals surface area (Å²) < 4.78 is 2.99. The molecule has 2 fully saturated rings. The second kappa shape index (κ2) is 5.29. The van der Waals surface area contributed by atoms with Gasteiger partial charge in [0, 0.05) is 16.7 Å². The summed E-state index contributed by atoms with van der Waals surface area (Å²) in [6.45, 7) is 0. The van der Waals surface area contributed by atoms with Gasteiger partial charge in [0.1, 0.15) is 5.69 Å². The number of aliphatic hydroxyl groups excluding tert-OH is 1. The zero-order chi connectivity index (χ0) is 13.4. The lowest BCUT2D eigenvalue weighted by molar-refractivity contribution is 0.0710. The summed E-state index contributed by atoms with van der Waals surface area (Å²) in [5, 5.41) is 12.9. The third-order valence-corrected chi connectivity index (χ3v) is 4.47. The van der Waals surface area contributed by atoms with Gasteiger partial charge >= 0.3 is 0 Å². The number of aromatic nitrogens is 1. The molecule has 3 rings (SSSR count). The van der Waals surface area contributed by atoms with Crippen molar-refractivity contribution in [3.63, 3.8) is 0 Å². The molecule has 1 aromatic heterocycles. The van der Waals surface area contributed by atoms with Crippen LogP contribution in [0.1, 0.15) is 55.1 Å². The number of hydrogen-bond acceptors (Lipinski definition) is 2. The SMILES string of the molecule is O=C(NC1CCCCC1O)c1cc(Br)cn1C1CC1. The highest BCUT2D eigenvalue weighted by molar-refractivity contribution is 9.10. The van der Waals surface area contributed by atoms with Crippen LogP contribution in [0.15, 0.2) is 16.7 Å². The van der Waals surface area contributed by atoms with E-state index in [-0.39, 0.29) is 11.9 Å². The minimum Gasteiger partial charge on any atom is -0.391 e. The maximum absolute atomic E-state index is 12.4. The molecule has 4 nitrogen and oxygen atoms in total. The summed E-state index contributed by atoms with van der Waals surface area (Å²) >= 11 is 3.43. The Hall–Kier alpha value is -0.810. The predicted molar refractivity (Wildman–Crippen MR) is 76.1 cm³/mol. The first kappa shape index (κ1) is 13.2. The smallest absolute Gasteiger partial charge is 0.268 e. The normalized spacial score (nSPS) is 27.3. The van der Waals surface area contributed by atoms with E-state index in [1.807, 2.05) is 12.3 Å². The van der Waals surface area contributed by atoms with Gasteiger partial charge in [0.05, 0.1) is 12.1 Å². The van der Waals surface area contributed by atoms with E-state index < -0.39 is 6.10 Å². The van der Waals surface area contributed by atoms with Gasteiger partial charge in [-0.05, 0) is 47.7 Å². The number of carbonyl (C=O) groups excluding carboxylic acids is 1. The van der Waals surface area contributed by atoms with Crippen molar-refractivity contribution in [2.24, 2.45) is 0 Å². The second-order valence-corrected chi connectivity index (χ2v) is 6.53. The van der Waals surface area contributed by atoms with Crippen LogP contribution in [-0.4, -0.2) is 27.7 Å². The van der Waals surface area contributed by atoms with Crippen LogP contribution in [0, 0.1) is 0 Å². The molecule has 2 N–H and O–H groups in total. The predicted octanol–water partition coefficient (Wildman–Crippen LogP) is 2.62. The Morgan fingerprint density at radius 2 is 2.05 bits per heavy atom. The Kier molecular flexibility index (Phi) is 3.67. The van der Waals surface area contributed by atoms with Gasteiger partial charge in [-0.3, -0.25) is 4.79 Å². The zero-order valence-corrected chi connectivity index (χ0v) is 12.4. The fourth-order valence-electron chi connectivity index (χ4n) is 2.80. The Bertz CT molecular complexity index is 482. The molecule has 0 saturated heterocycles. The fourth-order valence-corrected chi connectivity index (χ4v) is 3.24. The van der Waals surface area contributed by atoms with E-state index in [0.717, 1.165) is 43.0 Å². The van der Waals surface area contributed by atoms with Crippen LogP contribution in [0.2, 0.25) is 0 Å². The molecule has 5 heteroatoms. The van der Waals surface area contributed by atoms with E-state index >= 15 is 0 Å². The largest absolute Gasteiger partial charge is 0.391 e. The number of carbonyl (C=O) groups is 1. The van der Waals surface area contributed by atoms with Crippen LogP contribution in [0.25, 0.3) is 0 Å². The first-order valence-corrected chi connectivity index (χ1v) is 7.81. The van der Waals surface area contributed by atoms with Crippen LogP contribution in [-0.2, 0) is 0 Å².